The highest BCUT2D eigenvalue weighted by Gasteiger charge is 2.26. The van der Waals surface area contributed by atoms with Gasteiger partial charge >= 0.3 is 0 Å². The summed E-state index contributed by atoms with van der Waals surface area (Å²) in [6, 6.07) is 3.78. The van der Waals surface area contributed by atoms with Crippen molar-refractivity contribution in [3.05, 3.63) is 24.0 Å². The van der Waals surface area contributed by atoms with E-state index in [4.69, 9.17) is 10.5 Å². The number of ether oxygens (including phenoxy) is 1. The molecular weight excluding hydrogens is 214 g/mol. The van der Waals surface area contributed by atoms with Gasteiger partial charge in [-0.15, -0.1) is 0 Å². The van der Waals surface area contributed by atoms with Crippen molar-refractivity contribution >= 4 is 5.69 Å². The minimum atomic E-state index is 0.327. The third kappa shape index (κ3) is 2.96. The van der Waals surface area contributed by atoms with Gasteiger partial charge in [0.15, 0.2) is 0 Å². The number of anilines is 1. The van der Waals surface area contributed by atoms with Crippen LogP contribution in [0.4, 0.5) is 5.69 Å². The second kappa shape index (κ2) is 5.47. The van der Waals surface area contributed by atoms with E-state index in [1.54, 1.807) is 13.3 Å². The Kier molecular flexibility index (Phi) is 3.97. The topological polar surface area (TPSA) is 51.4 Å². The standard InChI is InChI=1S/C13H21N3O/c1-10-5-7-16(9-13(10)17-2)8-12-11(14)4-3-6-15-12/h3-4,6,10,13H,5,7-9,14H2,1-2H3. The summed E-state index contributed by atoms with van der Waals surface area (Å²) in [5.74, 6) is 0.636. The number of nitrogens with zero attached hydrogens (tertiary/aromatic N) is 2. The molecule has 17 heavy (non-hydrogen) atoms. The maximum Gasteiger partial charge on any atom is 0.0772 e. The first-order chi connectivity index (χ1) is 8.20. The molecule has 4 nitrogen and oxygen atoms in total. The molecular formula is C13H21N3O. The number of piperidine rings is 1. The Balaban J connectivity index is 1.98. The minimum absolute atomic E-state index is 0.327. The van der Waals surface area contributed by atoms with Gasteiger partial charge < -0.3 is 10.5 Å². The molecule has 0 spiro atoms. The molecule has 1 saturated heterocycles. The van der Waals surface area contributed by atoms with Gasteiger partial charge in [-0.05, 0) is 31.0 Å². The number of pyridine rings is 1. The lowest BCUT2D eigenvalue weighted by molar-refractivity contribution is -0.00772. The quantitative estimate of drug-likeness (QED) is 0.863. The molecule has 1 aliphatic heterocycles. The van der Waals surface area contributed by atoms with Crippen molar-refractivity contribution in [2.24, 2.45) is 5.92 Å². The van der Waals surface area contributed by atoms with Crippen LogP contribution in [0.15, 0.2) is 18.3 Å². The predicted molar refractivity (Wildman–Crippen MR) is 68.5 cm³/mol. The smallest absolute Gasteiger partial charge is 0.0772 e. The van der Waals surface area contributed by atoms with Crippen LogP contribution in [0, 0.1) is 5.92 Å². The lowest BCUT2D eigenvalue weighted by Crippen LogP contribution is -2.43. The van der Waals surface area contributed by atoms with Crippen LogP contribution in [0.2, 0.25) is 0 Å². The lowest BCUT2D eigenvalue weighted by Gasteiger charge is -2.36. The number of rotatable bonds is 3. The van der Waals surface area contributed by atoms with Crippen molar-refractivity contribution in [1.82, 2.24) is 9.88 Å². The van der Waals surface area contributed by atoms with Crippen LogP contribution in [-0.4, -0.2) is 36.2 Å². The number of nitrogens with two attached hydrogens (primary N) is 1. The minimum Gasteiger partial charge on any atom is -0.397 e. The Morgan fingerprint density at radius 3 is 3.12 bits per heavy atom. The second-order valence-electron chi connectivity index (χ2n) is 4.81. The van der Waals surface area contributed by atoms with Gasteiger partial charge in [0.1, 0.15) is 0 Å². The molecule has 0 radical (unpaired) electrons. The average Bonchev–Trinajstić information content (AvgIpc) is 2.34. The van der Waals surface area contributed by atoms with Gasteiger partial charge in [0.2, 0.25) is 0 Å². The highest BCUT2D eigenvalue weighted by molar-refractivity contribution is 5.41. The van der Waals surface area contributed by atoms with Gasteiger partial charge in [-0.2, -0.15) is 0 Å². The summed E-state index contributed by atoms with van der Waals surface area (Å²) in [5, 5.41) is 0. The summed E-state index contributed by atoms with van der Waals surface area (Å²) in [7, 11) is 1.79. The highest BCUT2D eigenvalue weighted by atomic mass is 16.5. The molecule has 1 aliphatic rings. The molecule has 0 amide bonds. The van der Waals surface area contributed by atoms with Gasteiger partial charge in [-0.3, -0.25) is 9.88 Å². The molecule has 2 heterocycles. The molecule has 2 rings (SSSR count). The van der Waals surface area contributed by atoms with E-state index < -0.39 is 0 Å². The number of likely N-dealkylation sites (tertiary alicyclic amines) is 1. The van der Waals surface area contributed by atoms with E-state index in [-0.39, 0.29) is 0 Å². The molecule has 0 bridgehead atoms. The van der Waals surface area contributed by atoms with Crippen LogP contribution in [0.25, 0.3) is 0 Å². The summed E-state index contributed by atoms with van der Waals surface area (Å²) in [6.45, 7) is 5.13. The van der Waals surface area contributed by atoms with Crippen molar-refractivity contribution in [3.63, 3.8) is 0 Å². The van der Waals surface area contributed by atoms with E-state index in [0.717, 1.165) is 31.0 Å². The SMILES string of the molecule is COC1CN(Cc2ncccc2N)CCC1C. The molecule has 0 saturated carbocycles. The third-order valence-corrected chi connectivity index (χ3v) is 3.58. The molecule has 2 N–H and O–H groups in total. The van der Waals surface area contributed by atoms with E-state index in [1.807, 2.05) is 12.1 Å². The summed E-state index contributed by atoms with van der Waals surface area (Å²) >= 11 is 0. The molecule has 1 fully saturated rings. The Bertz CT molecular complexity index is 369. The molecule has 4 heteroatoms. The molecule has 2 atom stereocenters. The van der Waals surface area contributed by atoms with Crippen molar-refractivity contribution in [1.29, 1.82) is 0 Å². The van der Waals surface area contributed by atoms with E-state index in [2.05, 4.69) is 16.8 Å². The number of aromatic nitrogens is 1. The summed E-state index contributed by atoms with van der Waals surface area (Å²) in [6.07, 6.45) is 3.30. The first-order valence-electron chi connectivity index (χ1n) is 6.15. The van der Waals surface area contributed by atoms with E-state index in [1.165, 1.54) is 6.42 Å². The van der Waals surface area contributed by atoms with Crippen LogP contribution in [0.5, 0.6) is 0 Å². The fourth-order valence-corrected chi connectivity index (χ4v) is 2.34. The molecule has 0 aliphatic carbocycles. The van der Waals surface area contributed by atoms with E-state index >= 15 is 0 Å². The average molecular weight is 235 g/mol. The predicted octanol–water partition coefficient (Wildman–Crippen LogP) is 1.52. The highest BCUT2D eigenvalue weighted by Crippen LogP contribution is 2.21. The van der Waals surface area contributed by atoms with E-state index in [9.17, 15) is 0 Å². The third-order valence-electron chi connectivity index (χ3n) is 3.58. The molecule has 2 unspecified atom stereocenters. The number of nitrogen functional groups attached to an aromatic ring is 1. The number of hydrogen-bond acceptors (Lipinski definition) is 4. The van der Waals surface area contributed by atoms with Crippen molar-refractivity contribution in [3.8, 4) is 0 Å². The van der Waals surface area contributed by atoms with Crippen molar-refractivity contribution < 1.29 is 4.74 Å². The zero-order valence-electron chi connectivity index (χ0n) is 10.6. The van der Waals surface area contributed by atoms with Gasteiger partial charge in [-0.25, -0.2) is 0 Å². The van der Waals surface area contributed by atoms with Crippen LogP contribution >= 0.6 is 0 Å². The Labute approximate surface area is 103 Å². The van der Waals surface area contributed by atoms with Gasteiger partial charge in [0.25, 0.3) is 0 Å². The molecule has 1 aromatic rings. The first kappa shape index (κ1) is 12.3. The molecule has 1 aromatic heterocycles. The normalized spacial score (nSPS) is 26.0. The largest absolute Gasteiger partial charge is 0.397 e. The Morgan fingerprint density at radius 2 is 2.41 bits per heavy atom. The molecule has 94 valence electrons. The fraction of sp³-hybridized carbons (Fsp3) is 0.615. The van der Waals surface area contributed by atoms with Crippen molar-refractivity contribution in [2.45, 2.75) is 26.0 Å². The maximum absolute atomic E-state index is 5.91. The zero-order valence-corrected chi connectivity index (χ0v) is 10.6. The Hall–Kier alpha value is -1.13. The van der Waals surface area contributed by atoms with Crippen LogP contribution < -0.4 is 5.73 Å². The molecule has 0 aromatic carbocycles. The maximum atomic E-state index is 5.91. The van der Waals surface area contributed by atoms with Gasteiger partial charge in [0, 0.05) is 26.4 Å². The van der Waals surface area contributed by atoms with Crippen LogP contribution in [0.1, 0.15) is 19.0 Å². The van der Waals surface area contributed by atoms with Gasteiger partial charge in [0.05, 0.1) is 17.5 Å². The number of methoxy groups -OCH3 is 1. The van der Waals surface area contributed by atoms with Crippen LogP contribution in [-0.2, 0) is 11.3 Å². The van der Waals surface area contributed by atoms with Crippen LogP contribution in [0.3, 0.4) is 0 Å². The summed E-state index contributed by atoms with van der Waals surface area (Å²) in [4.78, 5) is 6.70. The Morgan fingerprint density at radius 1 is 1.59 bits per heavy atom. The lowest BCUT2D eigenvalue weighted by atomic mass is 9.95. The summed E-state index contributed by atoms with van der Waals surface area (Å²) in [5.41, 5.74) is 7.66. The zero-order chi connectivity index (χ0) is 12.3. The van der Waals surface area contributed by atoms with E-state index in [0.29, 0.717) is 12.0 Å². The fourth-order valence-electron chi connectivity index (χ4n) is 2.34. The number of hydrogen-bond donors (Lipinski definition) is 1. The van der Waals surface area contributed by atoms with Crippen molar-refractivity contribution in [2.75, 3.05) is 25.9 Å². The first-order valence-corrected chi connectivity index (χ1v) is 6.15. The second-order valence-corrected chi connectivity index (χ2v) is 4.81. The van der Waals surface area contributed by atoms with Gasteiger partial charge in [-0.1, -0.05) is 6.92 Å². The monoisotopic (exact) mass is 235 g/mol. The summed E-state index contributed by atoms with van der Waals surface area (Å²) < 4.78 is 5.51.